The van der Waals surface area contributed by atoms with E-state index in [0.717, 1.165) is 49.6 Å². The Morgan fingerprint density at radius 3 is 2.80 bits per heavy atom. The van der Waals surface area contributed by atoms with Crippen LogP contribution in [-0.2, 0) is 11.3 Å². The van der Waals surface area contributed by atoms with Gasteiger partial charge in [-0.2, -0.15) is 0 Å². The second kappa shape index (κ2) is 8.10. The van der Waals surface area contributed by atoms with E-state index in [-0.39, 0.29) is 0 Å². The number of furan rings is 1. The average Bonchev–Trinajstić information content (AvgIpc) is 2.92. The molecule has 1 aromatic heterocycles. The van der Waals surface area contributed by atoms with Crippen LogP contribution in [0.2, 0.25) is 5.02 Å². The van der Waals surface area contributed by atoms with Crippen molar-refractivity contribution in [1.82, 2.24) is 5.32 Å². The number of ether oxygens (including phenoxy) is 1. The van der Waals surface area contributed by atoms with Gasteiger partial charge in [-0.3, -0.25) is 0 Å². The third-order valence-corrected chi connectivity index (χ3v) is 3.38. The summed E-state index contributed by atoms with van der Waals surface area (Å²) in [5.74, 6) is 1.73. The molecule has 1 aromatic carbocycles. The van der Waals surface area contributed by atoms with Gasteiger partial charge in [0.05, 0.1) is 11.6 Å². The number of nitrogens with one attached hydrogen (secondary N) is 1. The molecule has 20 heavy (non-hydrogen) atoms. The van der Waals surface area contributed by atoms with Crippen molar-refractivity contribution in [2.24, 2.45) is 0 Å². The smallest absolute Gasteiger partial charge is 0.135 e. The minimum atomic E-state index is 0.709. The standard InChI is InChI=1S/C16H20ClNO2/c1-19-11-5-4-10-18-12-13-8-9-16(20-13)14-6-2-3-7-15(14)17/h2-3,6-9,18H,4-5,10-12H2,1H3. The first-order chi connectivity index (χ1) is 9.81. The molecule has 0 spiro atoms. The van der Waals surface area contributed by atoms with E-state index in [1.54, 1.807) is 7.11 Å². The first-order valence-corrected chi connectivity index (χ1v) is 7.22. The number of methoxy groups -OCH3 is 1. The summed E-state index contributed by atoms with van der Waals surface area (Å²) in [4.78, 5) is 0. The van der Waals surface area contributed by atoms with Crippen LogP contribution in [0.25, 0.3) is 11.3 Å². The van der Waals surface area contributed by atoms with Crippen LogP contribution in [0.1, 0.15) is 18.6 Å². The predicted molar refractivity (Wildman–Crippen MR) is 82.0 cm³/mol. The van der Waals surface area contributed by atoms with E-state index in [9.17, 15) is 0 Å². The molecule has 0 saturated carbocycles. The highest BCUT2D eigenvalue weighted by Crippen LogP contribution is 2.28. The Kier molecular flexibility index (Phi) is 6.12. The third-order valence-electron chi connectivity index (χ3n) is 3.05. The monoisotopic (exact) mass is 293 g/mol. The maximum absolute atomic E-state index is 6.16. The fourth-order valence-electron chi connectivity index (χ4n) is 1.99. The van der Waals surface area contributed by atoms with Crippen LogP contribution in [0.5, 0.6) is 0 Å². The fraction of sp³-hybridized carbons (Fsp3) is 0.375. The Balaban J connectivity index is 1.82. The van der Waals surface area contributed by atoms with Gasteiger partial charge in [-0.1, -0.05) is 23.7 Å². The predicted octanol–water partition coefficient (Wildman–Crippen LogP) is 4.12. The maximum Gasteiger partial charge on any atom is 0.135 e. The van der Waals surface area contributed by atoms with Gasteiger partial charge in [-0.25, -0.2) is 0 Å². The van der Waals surface area contributed by atoms with Crippen molar-refractivity contribution in [3.05, 3.63) is 47.2 Å². The molecule has 1 heterocycles. The van der Waals surface area contributed by atoms with Gasteiger partial charge in [-0.15, -0.1) is 0 Å². The first-order valence-electron chi connectivity index (χ1n) is 6.84. The highest BCUT2D eigenvalue weighted by Gasteiger charge is 2.07. The van der Waals surface area contributed by atoms with Gasteiger partial charge in [0, 0.05) is 19.3 Å². The molecule has 0 aliphatic rings. The van der Waals surface area contributed by atoms with E-state index >= 15 is 0 Å². The lowest BCUT2D eigenvalue weighted by Gasteiger charge is -2.03. The van der Waals surface area contributed by atoms with Gasteiger partial charge in [0.2, 0.25) is 0 Å². The molecule has 0 saturated heterocycles. The molecule has 0 radical (unpaired) electrons. The molecule has 0 aliphatic carbocycles. The molecule has 3 nitrogen and oxygen atoms in total. The Hall–Kier alpha value is -1.29. The van der Waals surface area contributed by atoms with Crippen LogP contribution < -0.4 is 5.32 Å². The molecule has 2 rings (SSSR count). The summed E-state index contributed by atoms with van der Waals surface area (Å²) in [6.07, 6.45) is 2.18. The molecule has 0 unspecified atom stereocenters. The summed E-state index contributed by atoms with van der Waals surface area (Å²) >= 11 is 6.16. The lowest BCUT2D eigenvalue weighted by molar-refractivity contribution is 0.192. The van der Waals surface area contributed by atoms with E-state index in [1.807, 2.05) is 36.4 Å². The largest absolute Gasteiger partial charge is 0.460 e. The van der Waals surface area contributed by atoms with Gasteiger partial charge in [0.15, 0.2) is 0 Å². The zero-order valence-electron chi connectivity index (χ0n) is 11.7. The molecule has 2 aromatic rings. The minimum Gasteiger partial charge on any atom is -0.460 e. The Morgan fingerprint density at radius 2 is 2.00 bits per heavy atom. The Bertz CT molecular complexity index is 525. The van der Waals surface area contributed by atoms with Crippen molar-refractivity contribution in [3.63, 3.8) is 0 Å². The summed E-state index contributed by atoms with van der Waals surface area (Å²) < 4.78 is 10.8. The summed E-state index contributed by atoms with van der Waals surface area (Å²) in [6.45, 7) is 2.52. The summed E-state index contributed by atoms with van der Waals surface area (Å²) in [6, 6.07) is 11.6. The molecule has 4 heteroatoms. The van der Waals surface area contributed by atoms with Gasteiger partial charge in [-0.05, 0) is 43.7 Å². The van der Waals surface area contributed by atoms with Crippen LogP contribution in [0.4, 0.5) is 0 Å². The molecular weight excluding hydrogens is 274 g/mol. The van der Waals surface area contributed by atoms with Crippen LogP contribution in [0.3, 0.4) is 0 Å². The second-order valence-electron chi connectivity index (χ2n) is 4.62. The SMILES string of the molecule is COCCCCNCc1ccc(-c2ccccc2Cl)o1. The van der Waals surface area contributed by atoms with Crippen LogP contribution in [0.15, 0.2) is 40.8 Å². The van der Waals surface area contributed by atoms with Crippen molar-refractivity contribution in [3.8, 4) is 11.3 Å². The number of hydrogen-bond donors (Lipinski definition) is 1. The molecule has 1 N–H and O–H groups in total. The number of benzene rings is 1. The van der Waals surface area contributed by atoms with Crippen LogP contribution in [-0.4, -0.2) is 20.3 Å². The second-order valence-corrected chi connectivity index (χ2v) is 5.03. The molecule has 0 amide bonds. The lowest BCUT2D eigenvalue weighted by atomic mass is 10.2. The van der Waals surface area contributed by atoms with Crippen molar-refractivity contribution in [2.75, 3.05) is 20.3 Å². The van der Waals surface area contributed by atoms with Crippen molar-refractivity contribution in [1.29, 1.82) is 0 Å². The number of hydrogen-bond acceptors (Lipinski definition) is 3. The van der Waals surface area contributed by atoms with Crippen molar-refractivity contribution >= 4 is 11.6 Å². The Morgan fingerprint density at radius 1 is 1.15 bits per heavy atom. The van der Waals surface area contributed by atoms with E-state index in [4.69, 9.17) is 20.8 Å². The molecule has 0 fully saturated rings. The van der Waals surface area contributed by atoms with E-state index in [0.29, 0.717) is 5.02 Å². The van der Waals surface area contributed by atoms with Gasteiger partial charge in [0.25, 0.3) is 0 Å². The normalized spacial score (nSPS) is 10.9. The van der Waals surface area contributed by atoms with Gasteiger partial charge >= 0.3 is 0 Å². The quantitative estimate of drug-likeness (QED) is 0.744. The zero-order chi connectivity index (χ0) is 14.2. The minimum absolute atomic E-state index is 0.709. The highest BCUT2D eigenvalue weighted by molar-refractivity contribution is 6.33. The van der Waals surface area contributed by atoms with Crippen molar-refractivity contribution < 1.29 is 9.15 Å². The van der Waals surface area contributed by atoms with Crippen molar-refractivity contribution in [2.45, 2.75) is 19.4 Å². The summed E-state index contributed by atoms with van der Waals surface area (Å²) in [7, 11) is 1.73. The topological polar surface area (TPSA) is 34.4 Å². The number of halogens is 1. The number of rotatable bonds is 8. The van der Waals surface area contributed by atoms with Gasteiger partial charge in [0.1, 0.15) is 11.5 Å². The van der Waals surface area contributed by atoms with E-state index in [2.05, 4.69) is 5.32 Å². The molecule has 0 aliphatic heterocycles. The van der Waals surface area contributed by atoms with E-state index in [1.165, 1.54) is 0 Å². The highest BCUT2D eigenvalue weighted by atomic mass is 35.5. The molecule has 108 valence electrons. The third kappa shape index (κ3) is 4.37. The molecule has 0 bridgehead atoms. The fourth-order valence-corrected chi connectivity index (χ4v) is 2.22. The maximum atomic E-state index is 6.16. The molecular formula is C16H20ClNO2. The average molecular weight is 294 g/mol. The first kappa shape index (κ1) is 15.1. The lowest BCUT2D eigenvalue weighted by Crippen LogP contribution is -2.14. The van der Waals surface area contributed by atoms with Gasteiger partial charge < -0.3 is 14.5 Å². The van der Waals surface area contributed by atoms with E-state index < -0.39 is 0 Å². The summed E-state index contributed by atoms with van der Waals surface area (Å²) in [5, 5.41) is 4.07. The molecule has 0 atom stereocenters. The zero-order valence-corrected chi connectivity index (χ0v) is 12.5. The Labute approximate surface area is 124 Å². The van der Waals surface area contributed by atoms with Crippen LogP contribution in [0, 0.1) is 0 Å². The number of unbranched alkanes of at least 4 members (excludes halogenated alkanes) is 1. The summed E-state index contributed by atoms with van der Waals surface area (Å²) in [5.41, 5.74) is 0.931. The van der Waals surface area contributed by atoms with Crippen LogP contribution >= 0.6 is 11.6 Å².